The molecule has 0 radical (unpaired) electrons. The molecule has 0 aliphatic rings. The molecule has 1 aromatic carbocycles. The summed E-state index contributed by atoms with van der Waals surface area (Å²) < 4.78 is 18.4. The maximum Gasteiger partial charge on any atom is 0.307 e. The minimum absolute atomic E-state index is 0.0387. The van der Waals surface area contributed by atoms with Crippen LogP contribution in [0.5, 0.6) is 0 Å². The molecule has 1 rings (SSSR count). The van der Waals surface area contributed by atoms with E-state index >= 15 is 0 Å². The van der Waals surface area contributed by atoms with Gasteiger partial charge in [0.2, 0.25) is 7.37 Å². The first-order valence-electron chi connectivity index (χ1n) is 7.65. The summed E-state index contributed by atoms with van der Waals surface area (Å²) in [6, 6.07) is 8.78. The highest BCUT2D eigenvalue weighted by atomic mass is 31.2. The Hall–Kier alpha value is -2.18. The van der Waals surface area contributed by atoms with E-state index in [9.17, 15) is 24.1 Å². The third-order valence-electron chi connectivity index (χ3n) is 3.53. The normalized spacial score (nSPS) is 14.4. The van der Waals surface area contributed by atoms with Crippen molar-refractivity contribution < 1.29 is 38.8 Å². The number of carboxylic acid groups (broad SMARTS) is 3. The summed E-state index contributed by atoms with van der Waals surface area (Å²) in [4.78, 5) is 32.7. The van der Waals surface area contributed by atoms with Crippen LogP contribution in [-0.2, 0) is 30.1 Å². The molecule has 0 fully saturated rings. The van der Waals surface area contributed by atoms with Gasteiger partial charge in [0.1, 0.15) is 0 Å². The SMILES string of the molecule is O=C(O)CCC(CP(=O)(CCC(=O)O)OCc1ccccc1)C(=O)O. The summed E-state index contributed by atoms with van der Waals surface area (Å²) in [6.45, 7) is -0.0387. The van der Waals surface area contributed by atoms with E-state index in [1.54, 1.807) is 30.3 Å². The van der Waals surface area contributed by atoms with Crippen molar-refractivity contribution in [3.05, 3.63) is 35.9 Å². The molecule has 0 heterocycles. The van der Waals surface area contributed by atoms with E-state index < -0.39 is 43.8 Å². The lowest BCUT2D eigenvalue weighted by molar-refractivity contribution is -0.142. The zero-order chi connectivity index (χ0) is 18.9. The largest absolute Gasteiger partial charge is 0.481 e. The standard InChI is InChI=1S/C16H21O8P/c17-14(18)7-6-13(16(21)22)11-25(23,9-8-15(19)20)24-10-12-4-2-1-3-5-12/h1-5,13H,6-11H2,(H,17,18)(H,19,20)(H,21,22). The first-order chi connectivity index (χ1) is 11.7. The van der Waals surface area contributed by atoms with Crippen LogP contribution in [0.15, 0.2) is 30.3 Å². The Bertz CT molecular complexity index is 643. The number of benzene rings is 1. The Balaban J connectivity index is 2.84. The molecule has 9 heteroatoms. The predicted octanol–water partition coefficient (Wildman–Crippen LogP) is 2.52. The lowest BCUT2D eigenvalue weighted by Gasteiger charge is -2.21. The molecule has 0 bridgehead atoms. The molecule has 138 valence electrons. The van der Waals surface area contributed by atoms with E-state index in [2.05, 4.69) is 0 Å². The van der Waals surface area contributed by atoms with Gasteiger partial charge in [-0.15, -0.1) is 0 Å². The van der Waals surface area contributed by atoms with Gasteiger partial charge in [-0.25, -0.2) is 0 Å². The number of carbonyl (C=O) groups is 3. The van der Waals surface area contributed by atoms with Gasteiger partial charge in [-0.2, -0.15) is 0 Å². The van der Waals surface area contributed by atoms with Crippen molar-refractivity contribution in [2.45, 2.75) is 25.9 Å². The fourth-order valence-corrected chi connectivity index (χ4v) is 4.51. The Labute approximate surface area is 144 Å². The maximum absolute atomic E-state index is 13.0. The zero-order valence-electron chi connectivity index (χ0n) is 13.5. The summed E-state index contributed by atoms with van der Waals surface area (Å²) in [5.74, 6) is -4.77. The van der Waals surface area contributed by atoms with Crippen LogP contribution in [0.3, 0.4) is 0 Å². The van der Waals surface area contributed by atoms with E-state index in [0.29, 0.717) is 0 Å². The first-order valence-corrected chi connectivity index (χ1v) is 9.64. The number of carboxylic acids is 3. The fraction of sp³-hybridized carbons (Fsp3) is 0.438. The topological polar surface area (TPSA) is 138 Å². The molecule has 2 unspecified atom stereocenters. The van der Waals surface area contributed by atoms with Crippen molar-refractivity contribution >= 4 is 25.3 Å². The first kappa shape index (κ1) is 20.9. The van der Waals surface area contributed by atoms with Crippen LogP contribution in [0.4, 0.5) is 0 Å². The van der Waals surface area contributed by atoms with Crippen LogP contribution in [-0.4, -0.2) is 45.6 Å². The predicted molar refractivity (Wildman–Crippen MR) is 88.8 cm³/mol. The van der Waals surface area contributed by atoms with Crippen molar-refractivity contribution in [1.82, 2.24) is 0 Å². The van der Waals surface area contributed by atoms with E-state index in [1.807, 2.05) is 0 Å². The molecule has 0 saturated heterocycles. The molecule has 0 aromatic heterocycles. The Morgan fingerprint density at radius 2 is 1.60 bits per heavy atom. The van der Waals surface area contributed by atoms with Crippen LogP contribution in [0, 0.1) is 5.92 Å². The van der Waals surface area contributed by atoms with E-state index in [0.717, 1.165) is 5.56 Å². The average molecular weight is 372 g/mol. The molecule has 3 N–H and O–H groups in total. The van der Waals surface area contributed by atoms with Crippen LogP contribution in [0.1, 0.15) is 24.8 Å². The lowest BCUT2D eigenvalue weighted by Crippen LogP contribution is -2.21. The molecular weight excluding hydrogens is 351 g/mol. The highest BCUT2D eigenvalue weighted by Gasteiger charge is 2.32. The van der Waals surface area contributed by atoms with Gasteiger partial charge in [0.15, 0.2) is 0 Å². The summed E-state index contributed by atoms with van der Waals surface area (Å²) in [5, 5.41) is 26.7. The van der Waals surface area contributed by atoms with Crippen LogP contribution in [0.2, 0.25) is 0 Å². The third kappa shape index (κ3) is 8.47. The molecule has 0 aliphatic heterocycles. The smallest absolute Gasteiger partial charge is 0.307 e. The van der Waals surface area contributed by atoms with Gasteiger partial charge in [-0.1, -0.05) is 30.3 Å². The Morgan fingerprint density at radius 1 is 1.00 bits per heavy atom. The summed E-state index contributed by atoms with van der Waals surface area (Å²) in [5.41, 5.74) is 0.718. The van der Waals surface area contributed by atoms with Crippen molar-refractivity contribution in [2.24, 2.45) is 5.92 Å². The van der Waals surface area contributed by atoms with E-state index in [1.165, 1.54) is 0 Å². The molecule has 0 aliphatic carbocycles. The van der Waals surface area contributed by atoms with Gasteiger partial charge in [-0.3, -0.25) is 18.9 Å². The summed E-state index contributed by atoms with van der Waals surface area (Å²) >= 11 is 0. The van der Waals surface area contributed by atoms with Gasteiger partial charge >= 0.3 is 17.9 Å². The minimum Gasteiger partial charge on any atom is -0.481 e. The number of rotatable bonds is 12. The molecule has 1 aromatic rings. The van der Waals surface area contributed by atoms with E-state index in [-0.39, 0.29) is 25.6 Å². The van der Waals surface area contributed by atoms with Crippen molar-refractivity contribution in [2.75, 3.05) is 12.3 Å². The molecule has 0 amide bonds. The molecule has 0 spiro atoms. The number of hydrogen-bond acceptors (Lipinski definition) is 5. The molecular formula is C16H21O8P. The quantitative estimate of drug-likeness (QED) is 0.476. The van der Waals surface area contributed by atoms with Crippen molar-refractivity contribution in [3.63, 3.8) is 0 Å². The van der Waals surface area contributed by atoms with Crippen molar-refractivity contribution in [1.29, 1.82) is 0 Å². The van der Waals surface area contributed by atoms with Crippen LogP contribution >= 0.6 is 7.37 Å². The van der Waals surface area contributed by atoms with Gasteiger partial charge in [-0.05, 0) is 12.0 Å². The molecule has 25 heavy (non-hydrogen) atoms. The second-order valence-corrected chi connectivity index (χ2v) is 8.29. The third-order valence-corrected chi connectivity index (χ3v) is 6.03. The molecule has 8 nitrogen and oxygen atoms in total. The summed E-state index contributed by atoms with van der Waals surface area (Å²) in [6.07, 6.45) is -1.69. The Morgan fingerprint density at radius 3 is 2.12 bits per heavy atom. The summed E-state index contributed by atoms with van der Waals surface area (Å²) in [7, 11) is -3.56. The number of hydrogen-bond donors (Lipinski definition) is 3. The zero-order valence-corrected chi connectivity index (χ0v) is 14.4. The molecule has 0 saturated carbocycles. The average Bonchev–Trinajstić information content (AvgIpc) is 2.56. The number of aliphatic carboxylic acids is 3. The fourth-order valence-electron chi connectivity index (χ4n) is 2.17. The second-order valence-electron chi connectivity index (χ2n) is 5.59. The second kappa shape index (κ2) is 9.96. The van der Waals surface area contributed by atoms with Crippen LogP contribution in [0.25, 0.3) is 0 Å². The van der Waals surface area contributed by atoms with E-state index in [4.69, 9.17) is 14.7 Å². The molecule has 2 atom stereocenters. The Kier molecular flexibility index (Phi) is 8.31. The van der Waals surface area contributed by atoms with Crippen LogP contribution < -0.4 is 0 Å². The van der Waals surface area contributed by atoms with Gasteiger partial charge in [0, 0.05) is 18.7 Å². The minimum atomic E-state index is -3.56. The van der Waals surface area contributed by atoms with Crippen molar-refractivity contribution in [3.8, 4) is 0 Å². The maximum atomic E-state index is 13.0. The van der Waals surface area contributed by atoms with Gasteiger partial charge in [0.05, 0.1) is 18.9 Å². The van der Waals surface area contributed by atoms with Gasteiger partial charge < -0.3 is 19.8 Å². The highest BCUT2D eigenvalue weighted by molar-refractivity contribution is 7.59. The lowest BCUT2D eigenvalue weighted by atomic mass is 10.1. The monoisotopic (exact) mass is 372 g/mol. The highest BCUT2D eigenvalue weighted by Crippen LogP contribution is 2.50. The van der Waals surface area contributed by atoms with Gasteiger partial charge in [0.25, 0.3) is 0 Å².